The monoisotopic (exact) mass is 300 g/mol. The minimum Gasteiger partial charge on any atom is -0.329 e. The third kappa shape index (κ3) is 2.70. The summed E-state index contributed by atoms with van der Waals surface area (Å²) in [6, 6.07) is 1.91. The molecular weight excluding hydrogens is 280 g/mol. The lowest BCUT2D eigenvalue weighted by Crippen LogP contribution is -2.42. The van der Waals surface area contributed by atoms with Crippen molar-refractivity contribution in [2.45, 2.75) is 39.8 Å². The van der Waals surface area contributed by atoms with Crippen LogP contribution in [0.25, 0.3) is 0 Å². The summed E-state index contributed by atoms with van der Waals surface area (Å²) in [5.41, 5.74) is 0.558. The quantitative estimate of drug-likeness (QED) is 0.861. The van der Waals surface area contributed by atoms with Crippen LogP contribution in [-0.2, 0) is 6.54 Å². The predicted molar refractivity (Wildman–Crippen MR) is 80.0 cm³/mol. The summed E-state index contributed by atoms with van der Waals surface area (Å²) in [6.45, 7) is 7.50. The Hall–Kier alpha value is -2.31. The number of nitrogens with zero attached hydrogens (tertiary/aromatic N) is 6. The molecular formula is C15H20N6O. The van der Waals surface area contributed by atoms with Gasteiger partial charge in [0.25, 0.3) is 5.91 Å². The molecule has 3 rings (SSSR count). The van der Waals surface area contributed by atoms with Crippen molar-refractivity contribution in [3.63, 3.8) is 0 Å². The molecule has 7 nitrogen and oxygen atoms in total. The van der Waals surface area contributed by atoms with E-state index in [1.54, 1.807) is 6.07 Å². The molecule has 7 heteroatoms. The minimum absolute atomic E-state index is 0.0319. The summed E-state index contributed by atoms with van der Waals surface area (Å²) < 4.78 is 2.18. The number of rotatable bonds is 3. The van der Waals surface area contributed by atoms with Crippen molar-refractivity contribution < 1.29 is 4.79 Å². The lowest BCUT2D eigenvalue weighted by molar-refractivity contribution is 0.0660. The molecule has 0 saturated heterocycles. The van der Waals surface area contributed by atoms with Crippen LogP contribution in [0.1, 0.15) is 48.3 Å². The van der Waals surface area contributed by atoms with Crippen LogP contribution in [-0.4, -0.2) is 42.3 Å². The molecule has 3 heterocycles. The van der Waals surface area contributed by atoms with Crippen molar-refractivity contribution in [1.82, 2.24) is 29.9 Å². The Morgan fingerprint density at radius 1 is 1.36 bits per heavy atom. The maximum absolute atomic E-state index is 12.6. The zero-order valence-corrected chi connectivity index (χ0v) is 13.1. The van der Waals surface area contributed by atoms with Crippen molar-refractivity contribution in [2.24, 2.45) is 5.92 Å². The Bertz CT molecular complexity index is 666. The second kappa shape index (κ2) is 5.82. The highest BCUT2D eigenvalue weighted by Gasteiger charge is 2.31. The third-order valence-corrected chi connectivity index (χ3v) is 3.93. The zero-order valence-electron chi connectivity index (χ0n) is 13.1. The van der Waals surface area contributed by atoms with Crippen molar-refractivity contribution in [1.29, 1.82) is 0 Å². The molecule has 2 aromatic rings. The molecule has 0 aromatic carbocycles. The van der Waals surface area contributed by atoms with Crippen LogP contribution in [0.5, 0.6) is 0 Å². The largest absolute Gasteiger partial charge is 0.329 e. The van der Waals surface area contributed by atoms with E-state index in [9.17, 15) is 4.79 Å². The van der Waals surface area contributed by atoms with Crippen LogP contribution < -0.4 is 0 Å². The van der Waals surface area contributed by atoms with Gasteiger partial charge in [-0.05, 0) is 25.3 Å². The number of aryl methyl sites for hydroxylation is 1. The normalized spacial score (nSPS) is 17.6. The van der Waals surface area contributed by atoms with Crippen molar-refractivity contribution in [3.8, 4) is 0 Å². The molecule has 0 unspecified atom stereocenters. The molecule has 0 spiro atoms. The lowest BCUT2D eigenvalue weighted by Gasteiger charge is -2.35. The molecule has 1 amide bonds. The lowest BCUT2D eigenvalue weighted by atomic mass is 10.0. The standard InChI is InChI=1S/C15H20N6O/c1-10(2)6-13-8-20(9-14-19-18-11(3)21(13)14)15(22)12-4-5-16-17-7-12/h4-5,7,10,13H,6,8-9H2,1-3H3/t13-/m0/s1. The van der Waals surface area contributed by atoms with E-state index in [1.165, 1.54) is 12.4 Å². The Morgan fingerprint density at radius 2 is 2.18 bits per heavy atom. The number of carbonyl (C=O) groups is 1. The van der Waals surface area contributed by atoms with E-state index in [2.05, 4.69) is 38.8 Å². The predicted octanol–water partition coefficient (Wildman–Crippen LogP) is 1.62. The van der Waals surface area contributed by atoms with Gasteiger partial charge in [0.1, 0.15) is 5.82 Å². The van der Waals surface area contributed by atoms with Crippen LogP contribution in [0.4, 0.5) is 0 Å². The number of aromatic nitrogens is 5. The first-order valence-corrected chi connectivity index (χ1v) is 7.52. The van der Waals surface area contributed by atoms with Crippen LogP contribution in [0.15, 0.2) is 18.5 Å². The van der Waals surface area contributed by atoms with Gasteiger partial charge in [0, 0.05) is 6.54 Å². The van der Waals surface area contributed by atoms with Gasteiger partial charge in [-0.25, -0.2) is 0 Å². The summed E-state index contributed by atoms with van der Waals surface area (Å²) in [5.74, 6) is 2.27. The highest BCUT2D eigenvalue weighted by atomic mass is 16.2. The van der Waals surface area contributed by atoms with Crippen molar-refractivity contribution in [2.75, 3.05) is 6.54 Å². The molecule has 0 N–H and O–H groups in total. The van der Waals surface area contributed by atoms with E-state index in [0.717, 1.165) is 18.1 Å². The maximum atomic E-state index is 12.6. The van der Waals surface area contributed by atoms with Gasteiger partial charge < -0.3 is 9.47 Å². The highest BCUT2D eigenvalue weighted by Crippen LogP contribution is 2.27. The second-order valence-corrected chi connectivity index (χ2v) is 6.13. The van der Waals surface area contributed by atoms with Crippen LogP contribution >= 0.6 is 0 Å². The molecule has 1 aliphatic heterocycles. The molecule has 0 radical (unpaired) electrons. The van der Waals surface area contributed by atoms with Crippen LogP contribution in [0.3, 0.4) is 0 Å². The van der Waals surface area contributed by atoms with E-state index < -0.39 is 0 Å². The summed E-state index contributed by atoms with van der Waals surface area (Å²) in [6.07, 6.45) is 4.03. The van der Waals surface area contributed by atoms with E-state index >= 15 is 0 Å². The van der Waals surface area contributed by atoms with Crippen LogP contribution in [0.2, 0.25) is 0 Å². The maximum Gasteiger partial charge on any atom is 0.256 e. The number of fused-ring (bicyclic) bond motifs is 1. The minimum atomic E-state index is -0.0319. The first-order chi connectivity index (χ1) is 10.6. The van der Waals surface area contributed by atoms with Crippen LogP contribution in [0, 0.1) is 12.8 Å². The average Bonchev–Trinajstić information content (AvgIpc) is 2.88. The first-order valence-electron chi connectivity index (χ1n) is 7.52. The smallest absolute Gasteiger partial charge is 0.256 e. The van der Waals surface area contributed by atoms with Gasteiger partial charge >= 0.3 is 0 Å². The third-order valence-electron chi connectivity index (χ3n) is 3.93. The van der Waals surface area contributed by atoms with Crippen molar-refractivity contribution >= 4 is 5.91 Å². The zero-order chi connectivity index (χ0) is 15.7. The Balaban J connectivity index is 1.88. The van der Waals surface area contributed by atoms with E-state index in [-0.39, 0.29) is 11.9 Å². The molecule has 0 fully saturated rings. The van der Waals surface area contributed by atoms with Gasteiger partial charge in [-0.3, -0.25) is 4.79 Å². The van der Waals surface area contributed by atoms with Gasteiger partial charge in [-0.1, -0.05) is 13.8 Å². The van der Waals surface area contributed by atoms with E-state index in [4.69, 9.17) is 0 Å². The Labute approximate surface area is 129 Å². The fraction of sp³-hybridized carbons (Fsp3) is 0.533. The van der Waals surface area contributed by atoms with Gasteiger partial charge in [0.15, 0.2) is 5.82 Å². The summed E-state index contributed by atoms with van der Waals surface area (Å²) in [4.78, 5) is 14.5. The number of carbonyl (C=O) groups excluding carboxylic acids is 1. The second-order valence-electron chi connectivity index (χ2n) is 6.13. The molecule has 0 saturated carbocycles. The number of hydrogen-bond acceptors (Lipinski definition) is 5. The summed E-state index contributed by atoms with van der Waals surface area (Å²) in [7, 11) is 0. The van der Waals surface area contributed by atoms with Gasteiger partial charge in [0.2, 0.25) is 0 Å². The number of hydrogen-bond donors (Lipinski definition) is 0. The molecule has 1 aliphatic rings. The molecule has 0 aliphatic carbocycles. The van der Waals surface area contributed by atoms with E-state index in [1.807, 2.05) is 11.8 Å². The molecule has 116 valence electrons. The fourth-order valence-electron chi connectivity index (χ4n) is 3.05. The topological polar surface area (TPSA) is 76.8 Å². The molecule has 22 heavy (non-hydrogen) atoms. The van der Waals surface area contributed by atoms with Gasteiger partial charge in [-0.2, -0.15) is 10.2 Å². The molecule has 0 bridgehead atoms. The van der Waals surface area contributed by atoms with Gasteiger partial charge in [-0.15, -0.1) is 10.2 Å². The van der Waals surface area contributed by atoms with E-state index in [0.29, 0.717) is 24.6 Å². The van der Waals surface area contributed by atoms with Crippen molar-refractivity contribution in [3.05, 3.63) is 35.7 Å². The average molecular weight is 300 g/mol. The Kier molecular flexibility index (Phi) is 3.87. The fourth-order valence-corrected chi connectivity index (χ4v) is 3.05. The SMILES string of the molecule is Cc1nnc2n1[C@@H](CC(C)C)CN(C(=O)c1ccnnc1)C2. The Morgan fingerprint density at radius 3 is 2.86 bits per heavy atom. The molecule has 2 aromatic heterocycles. The first kappa shape index (κ1) is 14.6. The summed E-state index contributed by atoms with van der Waals surface area (Å²) >= 11 is 0. The number of amides is 1. The van der Waals surface area contributed by atoms with Gasteiger partial charge in [0.05, 0.1) is 30.5 Å². The molecule has 1 atom stereocenters. The highest BCUT2D eigenvalue weighted by molar-refractivity contribution is 5.93. The summed E-state index contributed by atoms with van der Waals surface area (Å²) in [5, 5.41) is 15.9.